The molecule has 146 valence electrons. The van der Waals surface area contributed by atoms with Crippen molar-refractivity contribution in [3.05, 3.63) is 41.5 Å². The molecular formula is C24H38ClN. The molecule has 1 nitrogen and oxygen atoms in total. The number of halogens is 1. The third kappa shape index (κ3) is 5.14. The van der Waals surface area contributed by atoms with Crippen LogP contribution in [0, 0.1) is 10.8 Å². The molecule has 1 aliphatic heterocycles. The Labute approximate surface area is 167 Å². The van der Waals surface area contributed by atoms with Gasteiger partial charge in [0.05, 0.1) is 0 Å². The van der Waals surface area contributed by atoms with Gasteiger partial charge in [-0.1, -0.05) is 71.4 Å². The molecule has 26 heavy (non-hydrogen) atoms. The van der Waals surface area contributed by atoms with Gasteiger partial charge < -0.3 is 4.90 Å². The summed E-state index contributed by atoms with van der Waals surface area (Å²) in [5, 5.41) is 0. The molecular weight excluding hydrogens is 338 g/mol. The van der Waals surface area contributed by atoms with Gasteiger partial charge in [0.25, 0.3) is 0 Å². The second-order valence-electron chi connectivity index (χ2n) is 9.90. The van der Waals surface area contributed by atoms with Gasteiger partial charge in [-0.25, -0.2) is 0 Å². The fraction of sp³-hybridized carbons (Fsp3) is 0.667. The van der Waals surface area contributed by atoms with E-state index >= 15 is 0 Å². The van der Waals surface area contributed by atoms with Crippen molar-refractivity contribution in [1.29, 1.82) is 0 Å². The topological polar surface area (TPSA) is 3.24 Å². The van der Waals surface area contributed by atoms with E-state index in [1.807, 2.05) is 0 Å². The van der Waals surface area contributed by atoms with Crippen LogP contribution in [0.1, 0.15) is 83.8 Å². The predicted octanol–water partition coefficient (Wildman–Crippen LogP) is 6.93. The number of allylic oxidation sites excluding steroid dienone is 2. The molecule has 1 aromatic carbocycles. The van der Waals surface area contributed by atoms with Crippen LogP contribution in [0.5, 0.6) is 0 Å². The number of hydrogen-bond donors (Lipinski definition) is 0. The van der Waals surface area contributed by atoms with E-state index < -0.39 is 0 Å². The Hall–Kier alpha value is -0.790. The van der Waals surface area contributed by atoms with Gasteiger partial charge in [-0.15, -0.1) is 12.4 Å². The summed E-state index contributed by atoms with van der Waals surface area (Å²) in [5.74, 6) is 0.710. The van der Waals surface area contributed by atoms with Gasteiger partial charge in [0.1, 0.15) is 0 Å². The number of benzene rings is 1. The lowest BCUT2D eigenvalue weighted by molar-refractivity contribution is 0.228. The number of unbranched alkanes of at least 4 members (excludes halogenated alkanes) is 1. The summed E-state index contributed by atoms with van der Waals surface area (Å²) in [5.41, 5.74) is 5.41. The van der Waals surface area contributed by atoms with Crippen LogP contribution in [0.25, 0.3) is 5.57 Å². The molecule has 0 bridgehead atoms. The van der Waals surface area contributed by atoms with Crippen LogP contribution < -0.4 is 0 Å². The van der Waals surface area contributed by atoms with Gasteiger partial charge in [0, 0.05) is 6.54 Å². The summed E-state index contributed by atoms with van der Waals surface area (Å²) >= 11 is 0. The van der Waals surface area contributed by atoms with Gasteiger partial charge in [-0.2, -0.15) is 0 Å². The highest BCUT2D eigenvalue weighted by Gasteiger charge is 2.35. The van der Waals surface area contributed by atoms with Crippen LogP contribution in [0.2, 0.25) is 0 Å². The molecule has 2 heteroatoms. The third-order valence-corrected chi connectivity index (χ3v) is 6.01. The van der Waals surface area contributed by atoms with Gasteiger partial charge in [0.15, 0.2) is 0 Å². The minimum atomic E-state index is 0. The lowest BCUT2D eigenvalue weighted by Gasteiger charge is -2.40. The van der Waals surface area contributed by atoms with Crippen LogP contribution in [0.3, 0.4) is 0 Å². The maximum atomic E-state index is 2.67. The van der Waals surface area contributed by atoms with Crippen molar-refractivity contribution in [3.8, 4) is 0 Å². The smallest absolute Gasteiger partial charge is 0.00510 e. The van der Waals surface area contributed by atoms with Crippen LogP contribution in [0.15, 0.2) is 30.3 Å². The summed E-state index contributed by atoms with van der Waals surface area (Å²) in [6.45, 7) is 15.8. The first-order valence-corrected chi connectivity index (χ1v) is 10.3. The standard InChI is InChI=1S/C24H37N.ClH/c1-6-7-13-25-14-12-19(17-25)21-10-8-9-11-22(21)20-15-23(2,3)18-24(4,5)16-20;/h8-11,15,19H,6-7,12-14,16-18H2,1-5H3;1H. The Morgan fingerprint density at radius 1 is 1.12 bits per heavy atom. The highest BCUT2D eigenvalue weighted by molar-refractivity contribution is 5.85. The first-order chi connectivity index (χ1) is 11.8. The second-order valence-corrected chi connectivity index (χ2v) is 9.90. The molecule has 1 atom stereocenters. The van der Waals surface area contributed by atoms with Crippen molar-refractivity contribution >= 4 is 18.0 Å². The monoisotopic (exact) mass is 375 g/mol. The van der Waals surface area contributed by atoms with E-state index in [4.69, 9.17) is 0 Å². The fourth-order valence-corrected chi connectivity index (χ4v) is 5.37. The van der Waals surface area contributed by atoms with Crippen molar-refractivity contribution in [2.45, 2.75) is 72.6 Å². The van der Waals surface area contributed by atoms with E-state index in [1.54, 1.807) is 11.1 Å². The molecule has 0 saturated carbocycles. The average molecular weight is 376 g/mol. The first kappa shape index (κ1) is 21.5. The van der Waals surface area contributed by atoms with Gasteiger partial charge in [0.2, 0.25) is 0 Å². The van der Waals surface area contributed by atoms with E-state index in [-0.39, 0.29) is 12.4 Å². The molecule has 0 amide bonds. The number of likely N-dealkylation sites (tertiary alicyclic amines) is 1. The maximum absolute atomic E-state index is 2.67. The van der Waals surface area contributed by atoms with Crippen molar-refractivity contribution in [3.63, 3.8) is 0 Å². The molecule has 2 aliphatic rings. The SMILES string of the molecule is CCCCN1CCC(c2ccccc2C2=CC(C)(C)CC(C)(C)C2)C1.Cl. The van der Waals surface area contributed by atoms with Crippen LogP contribution in [-0.2, 0) is 0 Å². The molecule has 1 heterocycles. The quantitative estimate of drug-likeness (QED) is 0.539. The Morgan fingerprint density at radius 3 is 2.54 bits per heavy atom. The third-order valence-electron chi connectivity index (χ3n) is 6.01. The summed E-state index contributed by atoms with van der Waals surface area (Å²) in [6, 6.07) is 9.26. The summed E-state index contributed by atoms with van der Waals surface area (Å²) in [4.78, 5) is 2.67. The zero-order valence-electron chi connectivity index (χ0n) is 17.5. The van der Waals surface area contributed by atoms with E-state index in [0.29, 0.717) is 16.7 Å². The van der Waals surface area contributed by atoms with Crippen LogP contribution >= 0.6 is 12.4 Å². The maximum Gasteiger partial charge on any atom is 0.00510 e. The summed E-state index contributed by atoms with van der Waals surface area (Å²) in [6.07, 6.45) is 9.01. The van der Waals surface area contributed by atoms with E-state index in [2.05, 4.69) is 69.9 Å². The number of nitrogens with zero attached hydrogens (tertiary/aromatic N) is 1. The van der Waals surface area contributed by atoms with Gasteiger partial charge in [-0.3, -0.25) is 0 Å². The Bertz CT molecular complexity index is 629. The number of rotatable bonds is 5. The minimum absolute atomic E-state index is 0. The summed E-state index contributed by atoms with van der Waals surface area (Å²) in [7, 11) is 0. The molecule has 0 N–H and O–H groups in total. The predicted molar refractivity (Wildman–Crippen MR) is 117 cm³/mol. The lowest BCUT2D eigenvalue weighted by atomic mass is 9.65. The van der Waals surface area contributed by atoms with Crippen LogP contribution in [-0.4, -0.2) is 24.5 Å². The largest absolute Gasteiger partial charge is 0.303 e. The molecule has 1 fully saturated rings. The van der Waals surface area contributed by atoms with E-state index in [9.17, 15) is 0 Å². The molecule has 1 aromatic rings. The Kier molecular flexibility index (Phi) is 7.02. The van der Waals surface area contributed by atoms with Crippen molar-refractivity contribution in [1.82, 2.24) is 4.90 Å². The lowest BCUT2D eigenvalue weighted by Crippen LogP contribution is -2.27. The average Bonchev–Trinajstić information content (AvgIpc) is 2.98. The van der Waals surface area contributed by atoms with Crippen molar-refractivity contribution < 1.29 is 0 Å². The molecule has 1 unspecified atom stereocenters. The highest BCUT2D eigenvalue weighted by Crippen LogP contribution is 2.48. The normalized spacial score (nSPS) is 24.8. The number of hydrogen-bond acceptors (Lipinski definition) is 1. The molecule has 1 saturated heterocycles. The van der Waals surface area contributed by atoms with E-state index in [0.717, 1.165) is 0 Å². The second kappa shape index (κ2) is 8.48. The summed E-state index contributed by atoms with van der Waals surface area (Å²) < 4.78 is 0. The zero-order chi connectivity index (χ0) is 18.1. The molecule has 1 aliphatic carbocycles. The molecule has 0 aromatic heterocycles. The Morgan fingerprint density at radius 2 is 1.85 bits per heavy atom. The zero-order valence-corrected chi connectivity index (χ0v) is 18.3. The molecule has 3 rings (SSSR count). The van der Waals surface area contributed by atoms with Crippen molar-refractivity contribution in [2.75, 3.05) is 19.6 Å². The molecule has 0 spiro atoms. The van der Waals surface area contributed by atoms with E-state index in [1.165, 1.54) is 57.3 Å². The Balaban J connectivity index is 0.00000243. The highest BCUT2D eigenvalue weighted by atomic mass is 35.5. The van der Waals surface area contributed by atoms with Gasteiger partial charge in [-0.05, 0) is 72.2 Å². The minimum Gasteiger partial charge on any atom is -0.303 e. The fourth-order valence-electron chi connectivity index (χ4n) is 5.37. The molecule has 0 radical (unpaired) electrons. The van der Waals surface area contributed by atoms with Gasteiger partial charge >= 0.3 is 0 Å². The van der Waals surface area contributed by atoms with Crippen LogP contribution in [0.4, 0.5) is 0 Å². The first-order valence-electron chi connectivity index (χ1n) is 10.3. The van der Waals surface area contributed by atoms with Crippen molar-refractivity contribution in [2.24, 2.45) is 10.8 Å².